The van der Waals surface area contributed by atoms with Crippen LogP contribution in [0.4, 0.5) is 0 Å². The average molecular weight is 443 g/mol. The highest BCUT2D eigenvalue weighted by Crippen LogP contribution is 2.29. The van der Waals surface area contributed by atoms with Crippen molar-refractivity contribution in [2.75, 3.05) is 39.9 Å². The zero-order valence-corrected chi connectivity index (χ0v) is 19.0. The highest BCUT2D eigenvalue weighted by Gasteiger charge is 2.38. The predicted molar refractivity (Wildman–Crippen MR) is 119 cm³/mol. The van der Waals surface area contributed by atoms with Crippen LogP contribution < -0.4 is 0 Å². The quantitative estimate of drug-likeness (QED) is 0.659. The van der Waals surface area contributed by atoms with Gasteiger partial charge in [-0.25, -0.2) is 4.98 Å². The second-order valence-electron chi connectivity index (χ2n) is 8.35. The summed E-state index contributed by atoms with van der Waals surface area (Å²) in [5.74, 6) is -0.237. The number of ether oxygens (including phenoxy) is 1. The lowest BCUT2D eigenvalue weighted by Gasteiger charge is -2.26. The summed E-state index contributed by atoms with van der Waals surface area (Å²) < 4.78 is 5.39. The number of carbonyl (C=O) groups excluding carboxylic acids is 2. The van der Waals surface area contributed by atoms with Gasteiger partial charge in [-0.2, -0.15) is 0 Å². The Morgan fingerprint density at radius 3 is 2.77 bits per heavy atom. The maximum atomic E-state index is 13.0. The van der Waals surface area contributed by atoms with E-state index in [4.69, 9.17) is 9.72 Å². The predicted octanol–water partition coefficient (Wildman–Crippen LogP) is 2.54. The van der Waals surface area contributed by atoms with Crippen molar-refractivity contribution in [2.45, 2.75) is 32.5 Å². The number of thiazole rings is 1. The minimum atomic E-state index is -0.296. The largest absolute Gasteiger partial charge is 0.379 e. The van der Waals surface area contributed by atoms with E-state index in [1.807, 2.05) is 47.5 Å². The van der Waals surface area contributed by atoms with Gasteiger partial charge in [-0.15, -0.1) is 11.3 Å². The molecule has 2 aromatic rings. The summed E-state index contributed by atoms with van der Waals surface area (Å²) in [6, 6.07) is 9.94. The first kappa shape index (κ1) is 21.9. The molecular formula is C23H30N4O3S. The minimum Gasteiger partial charge on any atom is -0.379 e. The van der Waals surface area contributed by atoms with E-state index >= 15 is 0 Å². The van der Waals surface area contributed by atoms with Crippen molar-refractivity contribution < 1.29 is 14.3 Å². The van der Waals surface area contributed by atoms with Crippen LogP contribution in [0.25, 0.3) is 0 Å². The van der Waals surface area contributed by atoms with Gasteiger partial charge in [0.2, 0.25) is 11.8 Å². The number of nitrogens with zero attached hydrogens (tertiary/aromatic N) is 4. The Labute approximate surface area is 187 Å². The molecule has 2 amide bonds. The van der Waals surface area contributed by atoms with Gasteiger partial charge in [0.05, 0.1) is 44.0 Å². The van der Waals surface area contributed by atoms with Gasteiger partial charge >= 0.3 is 0 Å². The van der Waals surface area contributed by atoms with E-state index in [0.29, 0.717) is 13.1 Å². The molecule has 2 saturated heterocycles. The molecule has 166 valence electrons. The van der Waals surface area contributed by atoms with E-state index in [0.717, 1.165) is 49.1 Å². The maximum Gasteiger partial charge on any atom is 0.228 e. The average Bonchev–Trinajstić information content (AvgIpc) is 3.40. The molecule has 1 aromatic carbocycles. The van der Waals surface area contributed by atoms with Crippen LogP contribution in [0.2, 0.25) is 0 Å². The van der Waals surface area contributed by atoms with Crippen molar-refractivity contribution in [2.24, 2.45) is 5.92 Å². The number of likely N-dealkylation sites (tertiary alicyclic amines) is 1. The maximum absolute atomic E-state index is 13.0. The van der Waals surface area contributed by atoms with Crippen molar-refractivity contribution in [1.29, 1.82) is 0 Å². The topological polar surface area (TPSA) is 66.0 Å². The van der Waals surface area contributed by atoms with E-state index in [2.05, 4.69) is 4.90 Å². The third kappa shape index (κ3) is 5.31. The lowest BCUT2D eigenvalue weighted by Crippen LogP contribution is -2.35. The first-order valence-corrected chi connectivity index (χ1v) is 11.7. The van der Waals surface area contributed by atoms with Crippen molar-refractivity contribution in [3.63, 3.8) is 0 Å². The van der Waals surface area contributed by atoms with Gasteiger partial charge in [-0.3, -0.25) is 14.5 Å². The summed E-state index contributed by atoms with van der Waals surface area (Å²) in [6.45, 7) is 7.20. The fourth-order valence-corrected chi connectivity index (χ4v) is 5.09. The van der Waals surface area contributed by atoms with Gasteiger partial charge < -0.3 is 14.5 Å². The van der Waals surface area contributed by atoms with Gasteiger partial charge in [0.25, 0.3) is 0 Å². The molecule has 31 heavy (non-hydrogen) atoms. The monoisotopic (exact) mass is 442 g/mol. The summed E-state index contributed by atoms with van der Waals surface area (Å²) in [4.78, 5) is 36.2. The molecule has 3 heterocycles. The standard InChI is InChI=1S/C23H30N4O3S/c1-17(18-6-4-3-5-7-18)27-13-19(12-22(27)28)23(29)25(2)14-20-16-31-21(24-20)15-26-8-10-30-11-9-26/h3-7,16-17,19H,8-15H2,1-2H3. The smallest absolute Gasteiger partial charge is 0.228 e. The molecule has 8 heteroatoms. The van der Waals surface area contributed by atoms with E-state index in [1.54, 1.807) is 23.3 Å². The number of carbonyl (C=O) groups is 2. The summed E-state index contributed by atoms with van der Waals surface area (Å²) >= 11 is 1.64. The number of hydrogen-bond donors (Lipinski definition) is 0. The molecule has 2 unspecified atom stereocenters. The number of hydrogen-bond acceptors (Lipinski definition) is 6. The zero-order valence-electron chi connectivity index (χ0n) is 18.2. The van der Waals surface area contributed by atoms with Crippen LogP contribution in [0.15, 0.2) is 35.7 Å². The van der Waals surface area contributed by atoms with E-state index in [-0.39, 0.29) is 30.2 Å². The van der Waals surface area contributed by atoms with Gasteiger partial charge in [0, 0.05) is 38.5 Å². The molecule has 1 aromatic heterocycles. The van der Waals surface area contributed by atoms with Crippen LogP contribution in [-0.2, 0) is 27.4 Å². The van der Waals surface area contributed by atoms with Crippen molar-refractivity contribution in [3.05, 3.63) is 52.0 Å². The molecule has 2 aliphatic rings. The summed E-state index contributed by atoms with van der Waals surface area (Å²) in [5.41, 5.74) is 2.00. The molecule has 7 nitrogen and oxygen atoms in total. The molecule has 0 aliphatic carbocycles. The van der Waals surface area contributed by atoms with Gasteiger partial charge in [-0.1, -0.05) is 30.3 Å². The summed E-state index contributed by atoms with van der Waals surface area (Å²) in [6.07, 6.45) is 0.277. The van der Waals surface area contributed by atoms with Crippen molar-refractivity contribution in [1.82, 2.24) is 19.7 Å². The zero-order chi connectivity index (χ0) is 21.8. The lowest BCUT2D eigenvalue weighted by atomic mass is 10.1. The molecule has 4 rings (SSSR count). The Balaban J connectivity index is 1.32. The Hall–Kier alpha value is -2.29. The van der Waals surface area contributed by atoms with Crippen LogP contribution in [0.5, 0.6) is 0 Å². The Morgan fingerprint density at radius 2 is 2.03 bits per heavy atom. The van der Waals surface area contributed by atoms with Crippen LogP contribution >= 0.6 is 11.3 Å². The molecule has 2 atom stereocenters. The minimum absolute atomic E-state index is 0.0128. The first-order chi connectivity index (χ1) is 15.0. The Bertz CT molecular complexity index is 897. The molecular weight excluding hydrogens is 412 g/mol. The van der Waals surface area contributed by atoms with E-state index in [9.17, 15) is 9.59 Å². The van der Waals surface area contributed by atoms with E-state index < -0.39 is 0 Å². The normalized spacial score (nSPS) is 20.8. The van der Waals surface area contributed by atoms with E-state index in [1.165, 1.54) is 0 Å². The highest BCUT2D eigenvalue weighted by molar-refractivity contribution is 7.09. The molecule has 0 bridgehead atoms. The number of benzene rings is 1. The second-order valence-corrected chi connectivity index (χ2v) is 9.29. The highest BCUT2D eigenvalue weighted by atomic mass is 32.1. The number of rotatable bonds is 7. The van der Waals surface area contributed by atoms with Crippen molar-refractivity contribution >= 4 is 23.2 Å². The van der Waals surface area contributed by atoms with Crippen molar-refractivity contribution in [3.8, 4) is 0 Å². The third-order valence-corrected chi connectivity index (χ3v) is 6.98. The fourth-order valence-electron chi connectivity index (χ4n) is 4.26. The molecule has 2 fully saturated rings. The molecule has 0 N–H and O–H groups in total. The fraction of sp³-hybridized carbons (Fsp3) is 0.522. The van der Waals surface area contributed by atoms with Gasteiger partial charge in [0.15, 0.2) is 0 Å². The Morgan fingerprint density at radius 1 is 1.29 bits per heavy atom. The molecule has 2 aliphatic heterocycles. The van der Waals surface area contributed by atoms with Crippen LogP contribution in [0, 0.1) is 5.92 Å². The van der Waals surface area contributed by atoms with Crippen LogP contribution in [0.1, 0.15) is 35.7 Å². The van der Waals surface area contributed by atoms with Gasteiger partial charge in [-0.05, 0) is 12.5 Å². The van der Waals surface area contributed by atoms with Crippen LogP contribution in [-0.4, -0.2) is 71.4 Å². The first-order valence-electron chi connectivity index (χ1n) is 10.8. The number of aromatic nitrogens is 1. The Kier molecular flexibility index (Phi) is 6.99. The van der Waals surface area contributed by atoms with Crippen LogP contribution in [0.3, 0.4) is 0 Å². The molecule has 0 radical (unpaired) electrons. The summed E-state index contributed by atoms with van der Waals surface area (Å²) in [5, 5.41) is 3.10. The molecule has 0 saturated carbocycles. The SMILES string of the molecule is CC(c1ccccc1)N1CC(C(=O)N(C)Cc2csc(CN3CCOCC3)n2)CC1=O. The number of amides is 2. The number of morpholine rings is 1. The lowest BCUT2D eigenvalue weighted by molar-refractivity contribution is -0.135. The third-order valence-electron chi connectivity index (χ3n) is 6.09. The molecule has 0 spiro atoms. The van der Waals surface area contributed by atoms with Gasteiger partial charge in [0.1, 0.15) is 5.01 Å². The summed E-state index contributed by atoms with van der Waals surface area (Å²) in [7, 11) is 1.80. The second kappa shape index (κ2) is 9.89.